The molecule has 0 saturated heterocycles. The van der Waals surface area contributed by atoms with E-state index in [1.165, 1.54) is 31.3 Å². The highest BCUT2D eigenvalue weighted by atomic mass is 32.1. The van der Waals surface area contributed by atoms with Crippen molar-refractivity contribution in [3.8, 4) is 11.5 Å². The van der Waals surface area contributed by atoms with Crippen molar-refractivity contribution in [3.05, 3.63) is 17.0 Å². The summed E-state index contributed by atoms with van der Waals surface area (Å²) in [4.78, 5) is 29.7. The smallest absolute Gasteiger partial charge is 0.323 e. The van der Waals surface area contributed by atoms with Crippen LogP contribution >= 0.6 is 18.8 Å². The van der Waals surface area contributed by atoms with Crippen molar-refractivity contribution >= 4 is 41.4 Å². The second-order valence-corrected chi connectivity index (χ2v) is 11.2. The Bertz CT molecular complexity index is 977. The number of nitrogens with two attached hydrogens (primary N) is 1. The molecule has 37 heavy (non-hydrogen) atoms. The number of ether oxygens (including phenoxy) is 2. The van der Waals surface area contributed by atoms with E-state index in [0.717, 1.165) is 11.3 Å². The molecule has 2 heterocycles. The van der Waals surface area contributed by atoms with E-state index in [1.54, 1.807) is 19.9 Å². The molecule has 4 N–H and O–H groups in total. The summed E-state index contributed by atoms with van der Waals surface area (Å²) in [7, 11) is -3.80. The Labute approximate surface area is 225 Å². The van der Waals surface area contributed by atoms with Gasteiger partial charge in [0.05, 0.1) is 13.2 Å². The summed E-state index contributed by atoms with van der Waals surface area (Å²) in [6.45, 7) is 18.9. The number of thiazole rings is 1. The lowest BCUT2D eigenvalue weighted by molar-refractivity contribution is -0.145. The number of anilines is 1. The second-order valence-electron chi connectivity index (χ2n) is 7.87. The lowest BCUT2D eigenvalue weighted by atomic mass is 10.1. The molecule has 10 nitrogen and oxygen atoms in total. The fourth-order valence-corrected chi connectivity index (χ4v) is 6.24. The van der Waals surface area contributed by atoms with E-state index in [9.17, 15) is 14.2 Å². The average molecular weight is 561 g/mol. The van der Waals surface area contributed by atoms with Gasteiger partial charge in [0.25, 0.3) is 7.44 Å². The number of aromatic nitrogens is 1. The molecule has 2 aromatic heterocycles. The van der Waals surface area contributed by atoms with Crippen molar-refractivity contribution < 1.29 is 28.0 Å². The first-order chi connectivity index (χ1) is 17.5. The number of esters is 2. The number of nitrogens with zero attached hydrogens (tertiary/aromatic N) is 1. The minimum atomic E-state index is -3.80. The summed E-state index contributed by atoms with van der Waals surface area (Å²) in [5.41, 5.74) is 6.54. The molecule has 0 aromatic carbocycles. The van der Waals surface area contributed by atoms with Crippen molar-refractivity contribution in [2.75, 3.05) is 18.9 Å². The van der Waals surface area contributed by atoms with Crippen molar-refractivity contribution in [3.63, 3.8) is 0 Å². The molecule has 0 saturated carbocycles. The average Bonchev–Trinajstić information content (AvgIpc) is 3.48. The molecular formula is C25H45N4O6PS. The van der Waals surface area contributed by atoms with Crippen LogP contribution in [-0.2, 0) is 30.0 Å². The lowest BCUT2D eigenvalue weighted by Crippen LogP contribution is -2.44. The minimum Gasteiger partial charge on any atom is -0.465 e. The summed E-state index contributed by atoms with van der Waals surface area (Å²) >= 11 is 1.38. The first-order valence-corrected chi connectivity index (χ1v) is 15.4. The molecular weight excluding hydrogens is 515 g/mol. The third-order valence-electron chi connectivity index (χ3n) is 4.47. The predicted octanol–water partition coefficient (Wildman–Crippen LogP) is 5.14. The van der Waals surface area contributed by atoms with Crippen LogP contribution in [0.25, 0.3) is 11.5 Å². The highest BCUT2D eigenvalue weighted by Gasteiger charge is 2.36. The number of furan rings is 1. The molecule has 212 valence electrons. The fraction of sp³-hybridized carbons (Fsp3) is 0.640. The van der Waals surface area contributed by atoms with Crippen molar-refractivity contribution in [2.24, 2.45) is 5.92 Å². The van der Waals surface area contributed by atoms with Gasteiger partial charge in [-0.15, -0.1) is 11.3 Å². The first kappa shape index (κ1) is 34.8. The molecule has 0 aliphatic carbocycles. The van der Waals surface area contributed by atoms with E-state index < -0.39 is 31.5 Å². The summed E-state index contributed by atoms with van der Waals surface area (Å²) in [5, 5.41) is 5.94. The Balaban J connectivity index is 0.00000308. The van der Waals surface area contributed by atoms with E-state index in [1.807, 2.05) is 27.7 Å². The molecule has 0 spiro atoms. The van der Waals surface area contributed by atoms with Gasteiger partial charge in [0.1, 0.15) is 17.8 Å². The van der Waals surface area contributed by atoms with Crippen LogP contribution in [0.3, 0.4) is 0 Å². The maximum Gasteiger partial charge on any atom is 0.323 e. The van der Waals surface area contributed by atoms with Crippen LogP contribution in [0.1, 0.15) is 74.1 Å². The highest BCUT2D eigenvalue weighted by molar-refractivity contribution is 7.67. The van der Waals surface area contributed by atoms with Gasteiger partial charge < -0.3 is 19.6 Å². The summed E-state index contributed by atoms with van der Waals surface area (Å²) in [6.07, 6.45) is 0.758. The van der Waals surface area contributed by atoms with Crippen molar-refractivity contribution in [2.45, 2.75) is 87.7 Å². The Morgan fingerprint density at radius 2 is 1.49 bits per heavy atom. The van der Waals surface area contributed by atoms with Gasteiger partial charge in [0.2, 0.25) is 0 Å². The van der Waals surface area contributed by atoms with Crippen LogP contribution < -0.4 is 21.4 Å². The number of hydrogen-bond acceptors (Lipinski definition) is 9. The van der Waals surface area contributed by atoms with Gasteiger partial charge in [-0.25, -0.2) is 15.2 Å². The van der Waals surface area contributed by atoms with Gasteiger partial charge in [-0.3, -0.25) is 14.2 Å². The molecule has 3 atom stereocenters. The Morgan fingerprint density at radius 3 is 1.92 bits per heavy atom. The normalized spacial score (nSPS) is 13.8. The largest absolute Gasteiger partial charge is 0.465 e. The van der Waals surface area contributed by atoms with Crippen LogP contribution in [0.2, 0.25) is 0 Å². The number of nitrogen functional groups attached to an aromatic ring is 1. The standard InChI is InChI=1S/C21H33N4O6PS.2C2H6/c1-7-29-19(26)13(5)24-32(28,25-14(6)20(27)30-8-2)17-10-9-15(31-17)18-16(11-12(3)4)33-21(22)23-18;2*1-2/h9-10,12-14H,7-8,11H2,1-6H3,(H2,22,23)(H2,24,25,28);2*1-2H3/t13-,14?,32?;;/m0../s1. The molecule has 2 unspecified atom stereocenters. The fourth-order valence-electron chi connectivity index (χ4n) is 3.05. The number of carbonyl (C=O) groups excluding carboxylic acids is 2. The van der Waals surface area contributed by atoms with Gasteiger partial charge in [-0.2, -0.15) is 0 Å². The Hall–Kier alpha value is -2.20. The Morgan fingerprint density at radius 1 is 1.00 bits per heavy atom. The SMILES string of the molecule is CC.CC.CCOC(=O)C(C)NP(=O)(N[C@@H](C)C(=O)OCC)c1ccc(-c2nc(N)sc2CC(C)C)o1. The third kappa shape index (κ3) is 10.6. The Kier molecular flexibility index (Phi) is 16.3. The van der Waals surface area contributed by atoms with Crippen LogP contribution in [-0.4, -0.2) is 42.2 Å². The van der Waals surface area contributed by atoms with Gasteiger partial charge in [0.15, 0.2) is 16.4 Å². The molecule has 0 amide bonds. The zero-order valence-electron chi connectivity index (χ0n) is 23.8. The topological polar surface area (TPSA) is 146 Å². The monoisotopic (exact) mass is 560 g/mol. The molecule has 0 radical (unpaired) electrons. The molecule has 12 heteroatoms. The first-order valence-electron chi connectivity index (χ1n) is 12.9. The van der Waals surface area contributed by atoms with Crippen molar-refractivity contribution in [1.29, 1.82) is 0 Å². The molecule has 2 rings (SSSR count). The number of carbonyl (C=O) groups is 2. The maximum absolute atomic E-state index is 14.0. The molecule has 0 bridgehead atoms. The van der Waals surface area contributed by atoms with Crippen LogP contribution in [0, 0.1) is 5.92 Å². The van der Waals surface area contributed by atoms with E-state index in [0.29, 0.717) is 22.5 Å². The molecule has 2 aromatic rings. The van der Waals surface area contributed by atoms with E-state index in [4.69, 9.17) is 19.6 Å². The van der Waals surface area contributed by atoms with E-state index in [-0.39, 0.29) is 18.7 Å². The zero-order valence-corrected chi connectivity index (χ0v) is 25.5. The predicted molar refractivity (Wildman–Crippen MR) is 151 cm³/mol. The summed E-state index contributed by atoms with van der Waals surface area (Å²) in [5.74, 6) is -0.392. The lowest BCUT2D eigenvalue weighted by Gasteiger charge is -2.24. The number of nitrogens with one attached hydrogen (secondary N) is 2. The van der Waals surface area contributed by atoms with Gasteiger partial charge in [-0.05, 0) is 52.2 Å². The van der Waals surface area contributed by atoms with Crippen molar-refractivity contribution in [1.82, 2.24) is 15.2 Å². The van der Waals surface area contributed by atoms with Gasteiger partial charge >= 0.3 is 11.9 Å². The van der Waals surface area contributed by atoms with E-state index >= 15 is 0 Å². The second kappa shape index (κ2) is 17.3. The molecule has 0 aliphatic heterocycles. The highest BCUT2D eigenvalue weighted by Crippen LogP contribution is 2.40. The van der Waals surface area contributed by atoms with E-state index in [2.05, 4.69) is 29.0 Å². The number of hydrogen-bond donors (Lipinski definition) is 3. The quantitative estimate of drug-likeness (QED) is 0.236. The zero-order chi connectivity index (χ0) is 28.8. The summed E-state index contributed by atoms with van der Waals surface area (Å²) < 4.78 is 30.0. The minimum absolute atomic E-state index is 0.0341. The third-order valence-corrected chi connectivity index (χ3v) is 7.74. The van der Waals surface area contributed by atoms with Crippen LogP contribution in [0.15, 0.2) is 16.5 Å². The van der Waals surface area contributed by atoms with Gasteiger partial charge in [-0.1, -0.05) is 41.5 Å². The summed E-state index contributed by atoms with van der Waals surface area (Å²) in [6, 6.07) is 1.31. The van der Waals surface area contributed by atoms with Crippen LogP contribution in [0.4, 0.5) is 5.13 Å². The van der Waals surface area contributed by atoms with Gasteiger partial charge in [0, 0.05) is 4.88 Å². The maximum atomic E-state index is 14.0. The molecule has 0 aliphatic rings. The van der Waals surface area contributed by atoms with Crippen LogP contribution in [0.5, 0.6) is 0 Å². The molecule has 0 fully saturated rings. The number of rotatable bonds is 12.